The summed E-state index contributed by atoms with van der Waals surface area (Å²) in [4.78, 5) is 5.13. The number of imidazole rings is 1. The van der Waals surface area contributed by atoms with E-state index in [0.717, 1.165) is 5.75 Å². The molecule has 7 heteroatoms. The molecule has 0 amide bonds. The molecule has 0 bridgehead atoms. The van der Waals surface area contributed by atoms with E-state index in [1.807, 2.05) is 30.3 Å². The number of thioether (sulfide) groups is 1. The molecule has 0 unspecified atom stereocenters. The molecule has 0 spiro atoms. The Morgan fingerprint density at radius 1 is 1.32 bits per heavy atom. The number of halogens is 1. The van der Waals surface area contributed by atoms with Gasteiger partial charge in [-0.25, -0.2) is 13.4 Å². The smallest absolute Gasteiger partial charge is 0.280 e. The van der Waals surface area contributed by atoms with Gasteiger partial charge in [0, 0.05) is 34.1 Å². The Balaban J connectivity index is 1.99. The third-order valence-corrected chi connectivity index (χ3v) is 4.71. The second-order valence-corrected chi connectivity index (χ2v) is 7.60. The van der Waals surface area contributed by atoms with Crippen molar-refractivity contribution in [1.29, 1.82) is 0 Å². The summed E-state index contributed by atoms with van der Waals surface area (Å²) in [6.07, 6.45) is 1.48. The first kappa shape index (κ1) is 14.4. The largest absolute Gasteiger partial charge is 0.333 e. The molecule has 0 fully saturated rings. The second-order valence-electron chi connectivity index (χ2n) is 3.92. The lowest BCUT2D eigenvalue weighted by atomic mass is 10.4. The maximum atomic E-state index is 11.2. The minimum atomic E-state index is -3.75. The average Bonchev–Trinajstić information content (AvgIpc) is 2.72. The fourth-order valence-corrected chi connectivity index (χ4v) is 3.19. The van der Waals surface area contributed by atoms with Crippen molar-refractivity contribution in [2.45, 2.75) is 23.4 Å². The molecule has 4 nitrogen and oxygen atoms in total. The molecule has 0 aliphatic carbocycles. The summed E-state index contributed by atoms with van der Waals surface area (Å²) in [5, 5.41) is -0.0867. The quantitative estimate of drug-likeness (QED) is 0.628. The fraction of sp³-hybridized carbons (Fsp3) is 0.250. The predicted molar refractivity (Wildman–Crippen MR) is 77.2 cm³/mol. The van der Waals surface area contributed by atoms with Crippen LogP contribution in [0.5, 0.6) is 0 Å². The van der Waals surface area contributed by atoms with E-state index in [1.54, 1.807) is 23.3 Å². The number of hydrogen-bond donors (Lipinski definition) is 0. The van der Waals surface area contributed by atoms with Gasteiger partial charge in [0.15, 0.2) is 5.03 Å². The van der Waals surface area contributed by atoms with E-state index < -0.39 is 9.05 Å². The Morgan fingerprint density at radius 2 is 2.00 bits per heavy atom. The monoisotopic (exact) mass is 316 g/mol. The molecule has 1 heterocycles. The van der Waals surface area contributed by atoms with Crippen molar-refractivity contribution >= 4 is 31.5 Å². The van der Waals surface area contributed by atoms with Crippen molar-refractivity contribution in [3.05, 3.63) is 42.4 Å². The summed E-state index contributed by atoms with van der Waals surface area (Å²) in [6.45, 7) is 2.45. The molecule has 1 aromatic carbocycles. The minimum absolute atomic E-state index is 0.0867. The van der Waals surface area contributed by atoms with Gasteiger partial charge in [-0.2, -0.15) is 0 Å². The van der Waals surface area contributed by atoms with Gasteiger partial charge >= 0.3 is 0 Å². The van der Waals surface area contributed by atoms with Crippen molar-refractivity contribution in [2.75, 3.05) is 5.75 Å². The first-order valence-corrected chi connectivity index (χ1v) is 8.92. The highest BCUT2D eigenvalue weighted by Crippen LogP contribution is 2.19. The summed E-state index contributed by atoms with van der Waals surface area (Å²) in [7, 11) is 1.52. The SMILES string of the molecule is Cc1nc(S(=O)(=O)Cl)cn1CCSc1ccccc1. The molecule has 0 N–H and O–H groups in total. The van der Waals surface area contributed by atoms with Gasteiger partial charge in [-0.1, -0.05) is 18.2 Å². The van der Waals surface area contributed by atoms with E-state index in [1.165, 1.54) is 11.1 Å². The summed E-state index contributed by atoms with van der Waals surface area (Å²) in [5.41, 5.74) is 0. The molecule has 0 aliphatic rings. The van der Waals surface area contributed by atoms with Crippen LogP contribution < -0.4 is 0 Å². The number of hydrogen-bond acceptors (Lipinski definition) is 4. The highest BCUT2D eigenvalue weighted by atomic mass is 35.7. The highest BCUT2D eigenvalue weighted by Gasteiger charge is 2.15. The molecule has 0 atom stereocenters. The number of aryl methyl sites for hydroxylation is 2. The summed E-state index contributed by atoms with van der Waals surface area (Å²) in [6, 6.07) is 10.0. The van der Waals surface area contributed by atoms with Crippen LogP contribution in [0.15, 0.2) is 46.5 Å². The Hall–Kier alpha value is -0.980. The second kappa shape index (κ2) is 5.98. The molecule has 2 rings (SSSR count). The van der Waals surface area contributed by atoms with E-state index >= 15 is 0 Å². The van der Waals surface area contributed by atoms with E-state index in [0.29, 0.717) is 12.4 Å². The number of benzene rings is 1. The van der Waals surface area contributed by atoms with Crippen molar-refractivity contribution in [3.63, 3.8) is 0 Å². The standard InChI is InChI=1S/C12H13ClN2O2S2/c1-10-14-12(19(13,16)17)9-15(10)7-8-18-11-5-3-2-4-6-11/h2-6,9H,7-8H2,1H3. The van der Waals surface area contributed by atoms with Crippen LogP contribution in [0.3, 0.4) is 0 Å². The molecule has 0 aliphatic heterocycles. The maximum absolute atomic E-state index is 11.2. The van der Waals surface area contributed by atoms with Crippen LogP contribution in [-0.4, -0.2) is 23.7 Å². The number of aromatic nitrogens is 2. The summed E-state index contributed by atoms with van der Waals surface area (Å²) >= 11 is 1.71. The Kier molecular flexibility index (Phi) is 4.54. The molecule has 0 saturated heterocycles. The normalized spacial score (nSPS) is 11.7. The molecular weight excluding hydrogens is 304 g/mol. The van der Waals surface area contributed by atoms with Gasteiger partial charge in [0.1, 0.15) is 5.82 Å². The third kappa shape index (κ3) is 3.99. The fourth-order valence-electron chi connectivity index (χ4n) is 1.60. The van der Waals surface area contributed by atoms with Crippen LogP contribution in [0.2, 0.25) is 0 Å². The molecule has 19 heavy (non-hydrogen) atoms. The van der Waals surface area contributed by atoms with Gasteiger partial charge in [-0.15, -0.1) is 11.8 Å². The number of nitrogens with zero attached hydrogens (tertiary/aromatic N) is 2. The van der Waals surface area contributed by atoms with Crippen molar-refractivity contribution < 1.29 is 8.42 Å². The van der Waals surface area contributed by atoms with Crippen LogP contribution in [-0.2, 0) is 15.6 Å². The van der Waals surface area contributed by atoms with Crippen molar-refractivity contribution in [3.8, 4) is 0 Å². The van der Waals surface area contributed by atoms with E-state index in [-0.39, 0.29) is 5.03 Å². The van der Waals surface area contributed by atoms with Gasteiger partial charge in [0.25, 0.3) is 9.05 Å². The first-order chi connectivity index (χ1) is 8.97. The van der Waals surface area contributed by atoms with Crippen LogP contribution >= 0.6 is 22.4 Å². The zero-order valence-corrected chi connectivity index (χ0v) is 12.7. The first-order valence-electron chi connectivity index (χ1n) is 5.63. The average molecular weight is 317 g/mol. The summed E-state index contributed by atoms with van der Waals surface area (Å²) in [5.74, 6) is 1.48. The van der Waals surface area contributed by atoms with Crippen LogP contribution in [0.25, 0.3) is 0 Å². The van der Waals surface area contributed by atoms with Gasteiger partial charge in [0.05, 0.1) is 0 Å². The van der Waals surface area contributed by atoms with Gasteiger partial charge in [0.2, 0.25) is 0 Å². The van der Waals surface area contributed by atoms with E-state index in [4.69, 9.17) is 10.7 Å². The zero-order valence-electron chi connectivity index (χ0n) is 10.3. The lowest BCUT2D eigenvalue weighted by Crippen LogP contribution is -2.01. The molecule has 1 aromatic heterocycles. The Bertz CT molecular complexity index is 654. The zero-order chi connectivity index (χ0) is 13.9. The molecule has 0 saturated carbocycles. The van der Waals surface area contributed by atoms with Crippen LogP contribution in [0.4, 0.5) is 0 Å². The third-order valence-electron chi connectivity index (χ3n) is 2.55. The number of rotatable bonds is 5. The van der Waals surface area contributed by atoms with E-state index in [9.17, 15) is 8.42 Å². The van der Waals surface area contributed by atoms with Crippen molar-refractivity contribution in [1.82, 2.24) is 9.55 Å². The summed E-state index contributed by atoms with van der Waals surface area (Å²) < 4.78 is 24.2. The van der Waals surface area contributed by atoms with Gasteiger partial charge in [-0.3, -0.25) is 0 Å². The van der Waals surface area contributed by atoms with Gasteiger partial charge in [-0.05, 0) is 19.1 Å². The predicted octanol–water partition coefficient (Wildman–Crippen LogP) is 2.91. The van der Waals surface area contributed by atoms with Gasteiger partial charge < -0.3 is 4.57 Å². The van der Waals surface area contributed by atoms with Crippen molar-refractivity contribution in [2.24, 2.45) is 0 Å². The lowest BCUT2D eigenvalue weighted by molar-refractivity contribution is 0.606. The molecule has 0 radical (unpaired) electrons. The van der Waals surface area contributed by atoms with Crippen LogP contribution in [0, 0.1) is 6.92 Å². The van der Waals surface area contributed by atoms with Crippen LogP contribution in [0.1, 0.15) is 5.82 Å². The lowest BCUT2D eigenvalue weighted by Gasteiger charge is -2.04. The highest BCUT2D eigenvalue weighted by molar-refractivity contribution is 8.13. The molecular formula is C12H13ClN2O2S2. The molecule has 2 aromatic rings. The minimum Gasteiger partial charge on any atom is -0.333 e. The maximum Gasteiger partial charge on any atom is 0.280 e. The molecule has 102 valence electrons. The topological polar surface area (TPSA) is 52.0 Å². The van der Waals surface area contributed by atoms with E-state index in [2.05, 4.69) is 4.98 Å². The Morgan fingerprint density at radius 3 is 2.58 bits per heavy atom. The Labute approximate surface area is 121 Å².